The van der Waals surface area contributed by atoms with Crippen LogP contribution in [0.25, 0.3) is 0 Å². The van der Waals surface area contributed by atoms with Gasteiger partial charge in [-0.25, -0.2) is 9.59 Å². The fourth-order valence-electron chi connectivity index (χ4n) is 1.91. The van der Waals surface area contributed by atoms with Gasteiger partial charge in [-0.2, -0.15) is 0 Å². The minimum atomic E-state index is -1.08. The fourth-order valence-corrected chi connectivity index (χ4v) is 1.91. The molecule has 0 atom stereocenters. The predicted octanol–water partition coefficient (Wildman–Crippen LogP) is 1.31. The average Bonchev–Trinajstić information content (AvgIpc) is 2.38. The van der Waals surface area contributed by atoms with Crippen molar-refractivity contribution in [3.63, 3.8) is 0 Å². The Morgan fingerprint density at radius 1 is 1.50 bits per heavy atom. The molecule has 6 heteroatoms. The molecule has 6 nitrogen and oxygen atoms in total. The second-order valence-corrected chi connectivity index (χ2v) is 3.93. The van der Waals surface area contributed by atoms with Crippen LogP contribution in [0, 0.1) is 0 Å². The zero-order valence-corrected chi connectivity index (χ0v) is 9.97. The van der Waals surface area contributed by atoms with Crippen LogP contribution in [0.1, 0.15) is 16.8 Å². The zero-order valence-electron chi connectivity index (χ0n) is 9.97. The van der Waals surface area contributed by atoms with Gasteiger partial charge >= 0.3 is 12.0 Å². The van der Waals surface area contributed by atoms with Gasteiger partial charge in [-0.05, 0) is 24.6 Å². The predicted molar refractivity (Wildman–Crippen MR) is 65.3 cm³/mol. The van der Waals surface area contributed by atoms with Crippen molar-refractivity contribution in [3.05, 3.63) is 23.8 Å². The third-order valence-corrected chi connectivity index (χ3v) is 2.81. The number of urea groups is 1. The monoisotopic (exact) mass is 250 g/mol. The van der Waals surface area contributed by atoms with Crippen LogP contribution in [0.15, 0.2) is 18.2 Å². The van der Waals surface area contributed by atoms with Gasteiger partial charge < -0.3 is 15.2 Å². The largest absolute Gasteiger partial charge is 0.496 e. The number of methoxy groups -OCH3 is 1. The maximum Gasteiger partial charge on any atom is 0.339 e. The molecule has 1 saturated heterocycles. The Labute approximate surface area is 104 Å². The van der Waals surface area contributed by atoms with E-state index in [2.05, 4.69) is 5.32 Å². The summed E-state index contributed by atoms with van der Waals surface area (Å²) >= 11 is 0. The first-order valence-electron chi connectivity index (χ1n) is 5.60. The number of amides is 2. The van der Waals surface area contributed by atoms with Crippen molar-refractivity contribution >= 4 is 17.7 Å². The Balaban J connectivity index is 2.36. The summed E-state index contributed by atoms with van der Waals surface area (Å²) in [4.78, 5) is 24.3. The maximum atomic E-state index is 11.7. The van der Waals surface area contributed by atoms with Crippen LogP contribution in [0.4, 0.5) is 10.5 Å². The van der Waals surface area contributed by atoms with Crippen LogP contribution < -0.4 is 15.0 Å². The zero-order chi connectivity index (χ0) is 13.1. The van der Waals surface area contributed by atoms with Gasteiger partial charge in [-0.1, -0.05) is 0 Å². The second kappa shape index (κ2) is 4.95. The topological polar surface area (TPSA) is 78.9 Å². The van der Waals surface area contributed by atoms with E-state index in [-0.39, 0.29) is 17.3 Å². The Hall–Kier alpha value is -2.24. The van der Waals surface area contributed by atoms with E-state index < -0.39 is 5.97 Å². The highest BCUT2D eigenvalue weighted by Crippen LogP contribution is 2.26. The molecule has 0 aliphatic carbocycles. The molecule has 1 heterocycles. The van der Waals surface area contributed by atoms with Crippen molar-refractivity contribution in [3.8, 4) is 5.75 Å². The van der Waals surface area contributed by atoms with E-state index in [1.165, 1.54) is 18.1 Å². The van der Waals surface area contributed by atoms with Gasteiger partial charge in [0.25, 0.3) is 0 Å². The van der Waals surface area contributed by atoms with Gasteiger partial charge in [-0.15, -0.1) is 0 Å². The number of nitrogens with zero attached hydrogens (tertiary/aromatic N) is 1. The lowest BCUT2D eigenvalue weighted by Crippen LogP contribution is -2.46. The summed E-state index contributed by atoms with van der Waals surface area (Å²) in [6.45, 7) is 1.23. The first-order valence-corrected chi connectivity index (χ1v) is 5.60. The molecule has 2 amide bonds. The molecule has 96 valence electrons. The molecular formula is C12H14N2O4. The van der Waals surface area contributed by atoms with Gasteiger partial charge in [0.15, 0.2) is 0 Å². The molecule has 0 aromatic heterocycles. The van der Waals surface area contributed by atoms with Crippen LogP contribution in [0.3, 0.4) is 0 Å². The van der Waals surface area contributed by atoms with E-state index in [4.69, 9.17) is 9.84 Å². The average molecular weight is 250 g/mol. The number of carboxylic acid groups (broad SMARTS) is 1. The van der Waals surface area contributed by atoms with Crippen molar-refractivity contribution < 1.29 is 19.4 Å². The lowest BCUT2D eigenvalue weighted by molar-refractivity contribution is 0.0693. The van der Waals surface area contributed by atoms with Crippen LogP contribution in [0.2, 0.25) is 0 Å². The van der Waals surface area contributed by atoms with Crippen molar-refractivity contribution in [2.45, 2.75) is 6.42 Å². The molecule has 1 fully saturated rings. The highest BCUT2D eigenvalue weighted by Gasteiger charge is 2.21. The molecular weight excluding hydrogens is 236 g/mol. The number of ether oxygens (including phenoxy) is 1. The van der Waals surface area contributed by atoms with E-state index in [1.807, 2.05) is 0 Å². The van der Waals surface area contributed by atoms with E-state index in [9.17, 15) is 9.59 Å². The molecule has 2 N–H and O–H groups in total. The van der Waals surface area contributed by atoms with Crippen LogP contribution in [0.5, 0.6) is 5.75 Å². The number of nitrogens with one attached hydrogen (secondary N) is 1. The van der Waals surface area contributed by atoms with Crippen LogP contribution >= 0.6 is 0 Å². The number of aromatic carboxylic acids is 1. The van der Waals surface area contributed by atoms with Crippen molar-refractivity contribution in [2.75, 3.05) is 25.1 Å². The van der Waals surface area contributed by atoms with E-state index in [0.29, 0.717) is 18.8 Å². The summed E-state index contributed by atoms with van der Waals surface area (Å²) in [5, 5.41) is 11.8. The fraction of sp³-hybridized carbons (Fsp3) is 0.333. The first kappa shape index (κ1) is 12.2. The normalized spacial score (nSPS) is 15.2. The molecule has 0 radical (unpaired) electrons. The van der Waals surface area contributed by atoms with Gasteiger partial charge in [0.2, 0.25) is 0 Å². The lowest BCUT2D eigenvalue weighted by atomic mass is 10.1. The number of benzene rings is 1. The van der Waals surface area contributed by atoms with Crippen molar-refractivity contribution in [2.24, 2.45) is 0 Å². The number of carbonyl (C=O) groups is 2. The van der Waals surface area contributed by atoms with Gasteiger partial charge in [0.1, 0.15) is 11.3 Å². The number of hydrogen-bond acceptors (Lipinski definition) is 3. The maximum absolute atomic E-state index is 11.7. The van der Waals surface area contributed by atoms with Gasteiger partial charge in [0, 0.05) is 18.8 Å². The minimum Gasteiger partial charge on any atom is -0.496 e. The summed E-state index contributed by atoms with van der Waals surface area (Å²) in [5.41, 5.74) is 0.610. The summed E-state index contributed by atoms with van der Waals surface area (Å²) in [5.74, 6) is -0.796. The Morgan fingerprint density at radius 3 is 2.89 bits per heavy atom. The quantitative estimate of drug-likeness (QED) is 0.847. The first-order chi connectivity index (χ1) is 8.63. The lowest BCUT2D eigenvalue weighted by Gasteiger charge is -2.27. The number of anilines is 1. The third-order valence-electron chi connectivity index (χ3n) is 2.81. The Kier molecular flexibility index (Phi) is 3.36. The van der Waals surface area contributed by atoms with Crippen molar-refractivity contribution in [1.82, 2.24) is 5.32 Å². The molecule has 1 aromatic carbocycles. The molecule has 18 heavy (non-hydrogen) atoms. The summed E-state index contributed by atoms with van der Waals surface area (Å²) in [6, 6.07) is 4.48. The molecule has 1 aromatic rings. The SMILES string of the molecule is COc1ccc(N2CCCNC2=O)cc1C(=O)O. The smallest absolute Gasteiger partial charge is 0.339 e. The highest BCUT2D eigenvalue weighted by atomic mass is 16.5. The van der Waals surface area contributed by atoms with E-state index in [0.717, 1.165) is 6.42 Å². The van der Waals surface area contributed by atoms with E-state index >= 15 is 0 Å². The number of hydrogen-bond donors (Lipinski definition) is 2. The molecule has 1 aliphatic rings. The molecule has 0 spiro atoms. The molecule has 0 bridgehead atoms. The number of rotatable bonds is 3. The molecule has 1 aliphatic heterocycles. The second-order valence-electron chi connectivity index (χ2n) is 3.93. The Morgan fingerprint density at radius 2 is 2.28 bits per heavy atom. The number of carbonyl (C=O) groups excluding carboxylic acids is 1. The number of carboxylic acids is 1. The van der Waals surface area contributed by atoms with Crippen molar-refractivity contribution in [1.29, 1.82) is 0 Å². The van der Waals surface area contributed by atoms with Crippen LogP contribution in [-0.4, -0.2) is 37.3 Å². The van der Waals surface area contributed by atoms with Crippen LogP contribution in [-0.2, 0) is 0 Å². The van der Waals surface area contributed by atoms with E-state index in [1.54, 1.807) is 12.1 Å². The minimum absolute atomic E-state index is 0.0494. The summed E-state index contributed by atoms with van der Waals surface area (Å²) < 4.78 is 4.98. The Bertz CT molecular complexity index is 487. The van der Waals surface area contributed by atoms with Gasteiger partial charge in [0.05, 0.1) is 7.11 Å². The molecule has 0 saturated carbocycles. The highest BCUT2D eigenvalue weighted by molar-refractivity contribution is 5.96. The summed E-state index contributed by atoms with van der Waals surface area (Å²) in [6.07, 6.45) is 0.834. The standard InChI is InChI=1S/C12H14N2O4/c1-18-10-4-3-8(7-9(10)11(15)16)14-6-2-5-13-12(14)17/h3-4,7H,2,5-6H2,1H3,(H,13,17)(H,15,16). The third kappa shape index (κ3) is 2.22. The van der Waals surface area contributed by atoms with Gasteiger partial charge in [-0.3, -0.25) is 4.90 Å². The molecule has 2 rings (SSSR count). The summed E-state index contributed by atoms with van der Waals surface area (Å²) in [7, 11) is 1.41. The molecule has 0 unspecified atom stereocenters.